The van der Waals surface area contributed by atoms with Gasteiger partial charge in [-0.05, 0) is 12.8 Å². The van der Waals surface area contributed by atoms with Gasteiger partial charge in [-0.2, -0.15) is 0 Å². The van der Waals surface area contributed by atoms with Crippen molar-refractivity contribution in [2.75, 3.05) is 38.2 Å². The van der Waals surface area contributed by atoms with Crippen LogP contribution in [0.5, 0.6) is 0 Å². The molecule has 1 saturated carbocycles. The standard InChI is InChI=1S/C17H28N4O3/c1-19-8-7-18-16(17(19)23)20(2)11-13-12-21(9-10-24-13)14-5-3-4-6-15(14)22/h7-8,13-15,22H,3-6,9-12H2,1-2H3. The molecule has 2 heterocycles. The van der Waals surface area contributed by atoms with Crippen LogP contribution in [0.3, 0.4) is 0 Å². The van der Waals surface area contributed by atoms with Crippen molar-refractivity contribution in [2.24, 2.45) is 7.05 Å². The number of anilines is 1. The number of nitrogens with zero attached hydrogens (tertiary/aromatic N) is 4. The monoisotopic (exact) mass is 336 g/mol. The van der Waals surface area contributed by atoms with Crippen molar-refractivity contribution in [1.29, 1.82) is 0 Å². The maximum Gasteiger partial charge on any atom is 0.293 e. The third-order valence-electron chi connectivity index (χ3n) is 5.17. The Bertz CT molecular complexity index is 606. The highest BCUT2D eigenvalue weighted by molar-refractivity contribution is 5.34. The first-order valence-corrected chi connectivity index (χ1v) is 8.82. The second-order valence-electron chi connectivity index (χ2n) is 6.95. The normalized spacial score (nSPS) is 28.7. The fraction of sp³-hybridized carbons (Fsp3) is 0.765. The first-order chi connectivity index (χ1) is 11.6. The van der Waals surface area contributed by atoms with Gasteiger partial charge in [0.15, 0.2) is 5.82 Å². The molecule has 2 fully saturated rings. The van der Waals surface area contributed by atoms with E-state index in [1.54, 1.807) is 19.4 Å². The Balaban J connectivity index is 1.62. The summed E-state index contributed by atoms with van der Waals surface area (Å²) in [7, 11) is 3.60. The van der Waals surface area contributed by atoms with E-state index in [4.69, 9.17) is 4.74 Å². The molecule has 0 amide bonds. The van der Waals surface area contributed by atoms with Gasteiger partial charge < -0.3 is 19.3 Å². The molecule has 3 unspecified atom stereocenters. The number of likely N-dealkylation sites (N-methyl/N-ethyl adjacent to an activating group) is 1. The van der Waals surface area contributed by atoms with E-state index in [-0.39, 0.29) is 23.8 Å². The van der Waals surface area contributed by atoms with Crippen LogP contribution >= 0.6 is 0 Å². The van der Waals surface area contributed by atoms with Gasteiger partial charge in [0.2, 0.25) is 0 Å². The Hall–Kier alpha value is -1.44. The molecule has 0 aromatic carbocycles. The first-order valence-electron chi connectivity index (χ1n) is 8.82. The third-order valence-corrected chi connectivity index (χ3v) is 5.17. The van der Waals surface area contributed by atoms with Crippen LogP contribution in [0.1, 0.15) is 25.7 Å². The van der Waals surface area contributed by atoms with Gasteiger partial charge in [0.1, 0.15) is 0 Å². The summed E-state index contributed by atoms with van der Waals surface area (Å²) >= 11 is 0. The number of aryl methyl sites for hydroxylation is 1. The van der Waals surface area contributed by atoms with Gasteiger partial charge in [-0.1, -0.05) is 12.8 Å². The molecule has 3 atom stereocenters. The summed E-state index contributed by atoms with van der Waals surface area (Å²) in [6.07, 6.45) is 7.36. The van der Waals surface area contributed by atoms with Gasteiger partial charge in [0.05, 0.1) is 18.8 Å². The lowest BCUT2D eigenvalue weighted by Gasteiger charge is -2.42. The molecule has 1 aliphatic carbocycles. The minimum atomic E-state index is -0.224. The number of aromatic nitrogens is 2. The molecule has 1 aliphatic heterocycles. The number of aliphatic hydroxyl groups is 1. The molecule has 7 heteroatoms. The van der Waals surface area contributed by atoms with Crippen LogP contribution < -0.4 is 10.5 Å². The lowest BCUT2D eigenvalue weighted by Crippen LogP contribution is -2.55. The number of hydrogen-bond donors (Lipinski definition) is 1. The molecule has 24 heavy (non-hydrogen) atoms. The Morgan fingerprint density at radius 2 is 2.21 bits per heavy atom. The quantitative estimate of drug-likeness (QED) is 0.848. The summed E-state index contributed by atoms with van der Waals surface area (Å²) < 4.78 is 7.43. The van der Waals surface area contributed by atoms with E-state index in [1.807, 2.05) is 11.9 Å². The molecule has 1 aromatic heterocycles. The summed E-state index contributed by atoms with van der Waals surface area (Å²) in [4.78, 5) is 20.6. The fourth-order valence-corrected chi connectivity index (χ4v) is 3.81. The number of hydrogen-bond acceptors (Lipinski definition) is 6. The Labute approximate surface area is 142 Å². The Morgan fingerprint density at radius 3 is 3.00 bits per heavy atom. The van der Waals surface area contributed by atoms with E-state index in [0.29, 0.717) is 19.0 Å². The highest BCUT2D eigenvalue weighted by atomic mass is 16.5. The van der Waals surface area contributed by atoms with Gasteiger partial charge in [-0.25, -0.2) is 4.98 Å². The van der Waals surface area contributed by atoms with Crippen LogP contribution in [0.15, 0.2) is 17.2 Å². The molecular formula is C17H28N4O3. The zero-order valence-corrected chi connectivity index (χ0v) is 14.6. The van der Waals surface area contributed by atoms with Crippen LogP contribution in [-0.2, 0) is 11.8 Å². The minimum absolute atomic E-state index is 0.0181. The van der Waals surface area contributed by atoms with E-state index in [0.717, 1.165) is 32.4 Å². The largest absolute Gasteiger partial charge is 0.391 e. The second kappa shape index (κ2) is 7.63. The summed E-state index contributed by atoms with van der Waals surface area (Å²) in [5.74, 6) is 0.443. The molecule has 1 saturated heterocycles. The number of rotatable bonds is 4. The Morgan fingerprint density at radius 1 is 1.42 bits per heavy atom. The van der Waals surface area contributed by atoms with Crippen molar-refractivity contribution in [3.63, 3.8) is 0 Å². The lowest BCUT2D eigenvalue weighted by molar-refractivity contribution is -0.0700. The molecule has 0 radical (unpaired) electrons. The molecule has 3 rings (SSSR count). The van der Waals surface area contributed by atoms with E-state index in [1.165, 1.54) is 11.0 Å². The van der Waals surface area contributed by atoms with Gasteiger partial charge in [0, 0.05) is 52.2 Å². The fourth-order valence-electron chi connectivity index (χ4n) is 3.81. The summed E-state index contributed by atoms with van der Waals surface area (Å²) in [5.41, 5.74) is -0.102. The van der Waals surface area contributed by atoms with Gasteiger partial charge >= 0.3 is 0 Å². The van der Waals surface area contributed by atoms with E-state index in [9.17, 15) is 9.90 Å². The zero-order valence-electron chi connectivity index (χ0n) is 14.6. The summed E-state index contributed by atoms with van der Waals surface area (Å²) in [5, 5.41) is 10.3. The van der Waals surface area contributed by atoms with Crippen LogP contribution in [0.25, 0.3) is 0 Å². The van der Waals surface area contributed by atoms with Gasteiger partial charge in [-0.3, -0.25) is 9.69 Å². The molecule has 1 N–H and O–H groups in total. The van der Waals surface area contributed by atoms with Crippen LogP contribution in [-0.4, -0.2) is 71.1 Å². The predicted octanol–water partition coefficient (Wildman–Crippen LogP) is 0.221. The molecular weight excluding hydrogens is 308 g/mol. The molecule has 1 aromatic rings. The van der Waals surface area contributed by atoms with Gasteiger partial charge in [0.25, 0.3) is 5.56 Å². The average Bonchev–Trinajstić information content (AvgIpc) is 2.58. The molecule has 0 spiro atoms. The minimum Gasteiger partial charge on any atom is -0.391 e. The van der Waals surface area contributed by atoms with Crippen molar-refractivity contribution in [3.05, 3.63) is 22.7 Å². The van der Waals surface area contributed by atoms with E-state index in [2.05, 4.69) is 9.88 Å². The number of aliphatic hydroxyl groups excluding tert-OH is 1. The van der Waals surface area contributed by atoms with Crippen molar-refractivity contribution in [2.45, 2.75) is 43.9 Å². The topological polar surface area (TPSA) is 70.8 Å². The number of morpholine rings is 1. The molecule has 2 aliphatic rings. The van der Waals surface area contributed by atoms with Gasteiger partial charge in [-0.15, -0.1) is 0 Å². The zero-order chi connectivity index (χ0) is 17.1. The van der Waals surface area contributed by atoms with E-state index >= 15 is 0 Å². The van der Waals surface area contributed by atoms with Crippen LogP contribution in [0.2, 0.25) is 0 Å². The highest BCUT2D eigenvalue weighted by Crippen LogP contribution is 2.25. The molecule has 134 valence electrons. The van der Waals surface area contributed by atoms with Crippen LogP contribution in [0, 0.1) is 0 Å². The maximum atomic E-state index is 12.2. The third kappa shape index (κ3) is 3.79. The lowest BCUT2D eigenvalue weighted by atomic mass is 9.91. The smallest absolute Gasteiger partial charge is 0.293 e. The van der Waals surface area contributed by atoms with E-state index < -0.39 is 0 Å². The number of ether oxygens (including phenoxy) is 1. The highest BCUT2D eigenvalue weighted by Gasteiger charge is 2.33. The molecule has 0 bridgehead atoms. The van der Waals surface area contributed by atoms with Crippen LogP contribution in [0.4, 0.5) is 5.82 Å². The van der Waals surface area contributed by atoms with Crippen molar-refractivity contribution in [3.8, 4) is 0 Å². The second-order valence-corrected chi connectivity index (χ2v) is 6.95. The van der Waals surface area contributed by atoms with Crippen molar-refractivity contribution in [1.82, 2.24) is 14.5 Å². The summed E-state index contributed by atoms with van der Waals surface area (Å²) in [6.45, 7) is 2.94. The SMILES string of the molecule is CN(CC1CN(C2CCCCC2O)CCO1)c1nccn(C)c1=O. The predicted molar refractivity (Wildman–Crippen MR) is 92.3 cm³/mol. The van der Waals surface area contributed by atoms with Crippen molar-refractivity contribution >= 4 is 5.82 Å². The Kier molecular flexibility index (Phi) is 5.53. The summed E-state index contributed by atoms with van der Waals surface area (Å²) in [6, 6.07) is 0.248. The first kappa shape index (κ1) is 17.4. The molecule has 7 nitrogen and oxygen atoms in total. The maximum absolute atomic E-state index is 12.2. The van der Waals surface area contributed by atoms with Crippen molar-refractivity contribution < 1.29 is 9.84 Å². The average molecular weight is 336 g/mol.